The van der Waals surface area contributed by atoms with Gasteiger partial charge in [-0.2, -0.15) is 0 Å². The highest BCUT2D eigenvalue weighted by molar-refractivity contribution is 7.13. The lowest BCUT2D eigenvalue weighted by molar-refractivity contribution is -0.146. The average Bonchev–Trinajstić information content (AvgIpc) is 3.98. The fourth-order valence-corrected chi connectivity index (χ4v) is 10.6. The first-order chi connectivity index (χ1) is 35.1. The number of Topliss-reactive ketones (excluding diaryl/α,β-unsaturated/α-hetero) is 2. The van der Waals surface area contributed by atoms with E-state index in [9.17, 15) is 34.2 Å². The highest BCUT2D eigenvalue weighted by Gasteiger charge is 2.44. The molecular formula is C55H73N7O10S. The molecule has 5 heterocycles. The summed E-state index contributed by atoms with van der Waals surface area (Å²) >= 11 is 1.59. The van der Waals surface area contributed by atoms with Gasteiger partial charge in [-0.15, -0.1) is 11.3 Å². The van der Waals surface area contributed by atoms with Gasteiger partial charge in [-0.25, -0.2) is 15.0 Å². The largest absolute Gasteiger partial charge is 0.391 e. The standard InChI is InChI=1S/C55H73N7O10S/c1-37-52(73-36-59-37)41-12-9-38(10-13-41)11-14-50(66)49-28-45(64)34-62(49)54(69)47(55(2,3)4)27-44(63)16-19-70-21-23-72-24-22-71-20-17-51(67)61-30-39(31-61)25-43-26-48(58-35-57-43)53(68)56-29-46(65)33-60-18-15-40-7-5-6-8-42(40)32-60/h5-10,12-13,26,35-36,39,45-47,49,64-65H,11,14-25,27-34H2,1-4H3,(H,56,68)/t45-,46+,47-,49+/m1/s1. The van der Waals surface area contributed by atoms with Gasteiger partial charge in [0.1, 0.15) is 17.8 Å². The number of benzene rings is 2. The van der Waals surface area contributed by atoms with Gasteiger partial charge < -0.3 is 39.5 Å². The van der Waals surface area contributed by atoms with E-state index in [0.29, 0.717) is 52.3 Å². The predicted octanol–water partition coefficient (Wildman–Crippen LogP) is 4.67. The number of carbonyl (C=O) groups excluding carboxylic acids is 5. The number of nitrogens with one attached hydrogen (secondary N) is 1. The summed E-state index contributed by atoms with van der Waals surface area (Å²) in [5.74, 6) is -1.29. The minimum atomic E-state index is -0.806. The third-order valence-electron chi connectivity index (χ3n) is 14.0. The topological polar surface area (TPSA) is 214 Å². The second kappa shape index (κ2) is 26.7. The second-order valence-electron chi connectivity index (χ2n) is 20.7. The first-order valence-electron chi connectivity index (χ1n) is 25.7. The molecule has 394 valence electrons. The van der Waals surface area contributed by atoms with Gasteiger partial charge in [0.15, 0.2) is 5.78 Å². The van der Waals surface area contributed by atoms with Crippen molar-refractivity contribution >= 4 is 40.6 Å². The third kappa shape index (κ3) is 16.3. The van der Waals surface area contributed by atoms with E-state index in [1.54, 1.807) is 22.3 Å². The Morgan fingerprint density at radius 3 is 2.26 bits per heavy atom. The lowest BCUT2D eigenvalue weighted by atomic mass is 9.76. The van der Waals surface area contributed by atoms with Gasteiger partial charge in [0.2, 0.25) is 11.8 Å². The molecule has 0 aliphatic carbocycles. The number of amides is 3. The van der Waals surface area contributed by atoms with Crippen molar-refractivity contribution in [3.05, 3.63) is 100 Å². The Morgan fingerprint density at radius 2 is 1.56 bits per heavy atom. The van der Waals surface area contributed by atoms with Crippen molar-refractivity contribution in [1.82, 2.24) is 35.0 Å². The minimum absolute atomic E-state index is 0.00889. The molecule has 0 spiro atoms. The molecule has 73 heavy (non-hydrogen) atoms. The van der Waals surface area contributed by atoms with Gasteiger partial charge in [0.05, 0.1) is 80.4 Å². The SMILES string of the molecule is Cc1ncsc1-c1ccc(CCC(=O)[C@@H]2C[C@@H](O)CN2C(=O)[C@@H](CC(=O)CCOCCOCCOCCC(=O)N2CC(Cc3cc(C(=O)NC[C@H](O)CN4CCc5ccccc5C4)ncn3)C2)C(C)(C)C)cc1. The van der Waals surface area contributed by atoms with Crippen molar-refractivity contribution in [2.75, 3.05) is 78.9 Å². The Balaban J connectivity index is 0.702. The van der Waals surface area contributed by atoms with Crippen LogP contribution in [0.15, 0.2) is 66.4 Å². The van der Waals surface area contributed by atoms with Gasteiger partial charge in [-0.3, -0.25) is 28.9 Å². The number of nitrogens with zero attached hydrogens (tertiary/aromatic N) is 6. The van der Waals surface area contributed by atoms with Gasteiger partial charge in [0.25, 0.3) is 5.91 Å². The Labute approximate surface area is 433 Å². The molecule has 4 aromatic rings. The smallest absolute Gasteiger partial charge is 0.270 e. The summed E-state index contributed by atoms with van der Waals surface area (Å²) in [6.07, 6.45) is 2.75. The van der Waals surface area contributed by atoms with Crippen LogP contribution in [0.3, 0.4) is 0 Å². The fourth-order valence-electron chi connectivity index (χ4n) is 9.74. The maximum atomic E-state index is 14.0. The van der Waals surface area contributed by atoms with E-state index in [-0.39, 0.29) is 106 Å². The monoisotopic (exact) mass is 1020 g/mol. The number of likely N-dealkylation sites (tertiary alicyclic amines) is 2. The van der Waals surface area contributed by atoms with Crippen LogP contribution in [0, 0.1) is 24.2 Å². The molecule has 3 N–H and O–H groups in total. The van der Waals surface area contributed by atoms with Crippen molar-refractivity contribution in [1.29, 1.82) is 0 Å². The number of aromatic nitrogens is 3. The zero-order chi connectivity index (χ0) is 51.9. The summed E-state index contributed by atoms with van der Waals surface area (Å²) in [4.78, 5) is 85.8. The molecule has 3 aliphatic heterocycles. The summed E-state index contributed by atoms with van der Waals surface area (Å²) in [5.41, 5.74) is 7.93. The average molecular weight is 1020 g/mol. The Kier molecular flexibility index (Phi) is 20.3. The second-order valence-corrected chi connectivity index (χ2v) is 21.6. The van der Waals surface area contributed by atoms with Gasteiger partial charge in [-0.1, -0.05) is 69.3 Å². The lowest BCUT2D eigenvalue weighted by Gasteiger charge is -2.39. The number of thiazole rings is 1. The summed E-state index contributed by atoms with van der Waals surface area (Å²) < 4.78 is 16.9. The van der Waals surface area contributed by atoms with Crippen molar-refractivity contribution in [3.63, 3.8) is 0 Å². The van der Waals surface area contributed by atoms with Crippen LogP contribution in [0.4, 0.5) is 0 Å². The maximum Gasteiger partial charge on any atom is 0.270 e. The molecule has 4 atom stereocenters. The number of ether oxygens (including phenoxy) is 3. The molecule has 17 nitrogen and oxygen atoms in total. The quantitative estimate of drug-likeness (QED) is 0.0693. The van der Waals surface area contributed by atoms with Crippen LogP contribution in [0.25, 0.3) is 10.4 Å². The molecule has 0 unspecified atom stereocenters. The molecule has 0 saturated carbocycles. The summed E-state index contributed by atoms with van der Waals surface area (Å²) in [6.45, 7) is 12.9. The van der Waals surface area contributed by atoms with E-state index in [1.807, 2.05) is 69.6 Å². The van der Waals surface area contributed by atoms with Crippen LogP contribution in [-0.4, -0.2) is 166 Å². The third-order valence-corrected chi connectivity index (χ3v) is 15.0. The van der Waals surface area contributed by atoms with Crippen LogP contribution in [0.2, 0.25) is 0 Å². The van der Waals surface area contributed by atoms with Crippen LogP contribution in [-0.2, 0) is 59.2 Å². The number of aryl methyl sites for hydroxylation is 2. The summed E-state index contributed by atoms with van der Waals surface area (Å²) in [6, 6.07) is 17.4. The zero-order valence-electron chi connectivity index (χ0n) is 42.8. The highest BCUT2D eigenvalue weighted by Crippen LogP contribution is 2.34. The Bertz CT molecular complexity index is 2470. The van der Waals surface area contributed by atoms with E-state index in [4.69, 9.17) is 14.2 Å². The van der Waals surface area contributed by atoms with E-state index in [1.165, 1.54) is 22.4 Å². The number of ketones is 2. The van der Waals surface area contributed by atoms with Crippen molar-refractivity contribution in [2.24, 2.45) is 17.3 Å². The molecule has 0 radical (unpaired) electrons. The van der Waals surface area contributed by atoms with Crippen LogP contribution < -0.4 is 5.32 Å². The molecule has 3 amide bonds. The highest BCUT2D eigenvalue weighted by atomic mass is 32.1. The Hall–Kier alpha value is -5.34. The van der Waals surface area contributed by atoms with E-state index in [0.717, 1.165) is 46.9 Å². The summed E-state index contributed by atoms with van der Waals surface area (Å²) in [5, 5.41) is 24.0. The molecule has 2 aromatic heterocycles. The summed E-state index contributed by atoms with van der Waals surface area (Å²) in [7, 11) is 0. The van der Waals surface area contributed by atoms with E-state index >= 15 is 0 Å². The Morgan fingerprint density at radius 1 is 0.863 bits per heavy atom. The van der Waals surface area contributed by atoms with Gasteiger partial charge in [0, 0.05) is 83.1 Å². The molecule has 2 fully saturated rings. The van der Waals surface area contributed by atoms with Crippen molar-refractivity contribution in [3.8, 4) is 10.4 Å². The lowest BCUT2D eigenvalue weighted by Crippen LogP contribution is -2.51. The van der Waals surface area contributed by atoms with Gasteiger partial charge in [-0.05, 0) is 65.8 Å². The number of hydrogen-bond donors (Lipinski definition) is 3. The van der Waals surface area contributed by atoms with E-state index < -0.39 is 29.6 Å². The maximum absolute atomic E-state index is 14.0. The molecule has 0 bridgehead atoms. The van der Waals surface area contributed by atoms with Crippen molar-refractivity contribution in [2.45, 2.75) is 104 Å². The zero-order valence-corrected chi connectivity index (χ0v) is 43.7. The molecule has 3 aliphatic rings. The fraction of sp³-hybridized carbons (Fsp3) is 0.564. The van der Waals surface area contributed by atoms with E-state index in [2.05, 4.69) is 37.3 Å². The minimum Gasteiger partial charge on any atom is -0.391 e. The number of rotatable bonds is 27. The first kappa shape index (κ1) is 55.4. The van der Waals surface area contributed by atoms with Crippen LogP contribution in [0.1, 0.15) is 91.4 Å². The molecular weight excluding hydrogens is 951 g/mol. The van der Waals surface area contributed by atoms with Crippen LogP contribution in [0.5, 0.6) is 0 Å². The van der Waals surface area contributed by atoms with Crippen molar-refractivity contribution < 1.29 is 48.4 Å². The van der Waals surface area contributed by atoms with Crippen LogP contribution >= 0.6 is 11.3 Å². The number of aliphatic hydroxyl groups excluding tert-OH is 2. The molecule has 18 heteroatoms. The number of carbonyl (C=O) groups is 5. The number of fused-ring (bicyclic) bond motifs is 1. The number of β-amino-alcohol motifs (C(OH)–C–C–N with tert-alkyl or cyclic N) is 2. The predicted molar refractivity (Wildman–Crippen MR) is 276 cm³/mol. The molecule has 2 saturated heterocycles. The number of aliphatic hydroxyl groups is 2. The molecule has 7 rings (SSSR count). The normalized spacial score (nSPS) is 18.0. The first-order valence-corrected chi connectivity index (χ1v) is 26.6. The molecule has 2 aromatic carbocycles. The van der Waals surface area contributed by atoms with Gasteiger partial charge >= 0.3 is 0 Å². The number of hydrogen-bond acceptors (Lipinski definition) is 15.